The molecule has 3 heterocycles. The number of nitrogens with one attached hydrogen (secondary N) is 2. The SMILES string of the molecule is Cc1cnc([C@@H]2CCCN(C(=O)CCc3c(C)n[nH]c3C)C2)[nH]1. The monoisotopic (exact) mass is 315 g/mol. The van der Waals surface area contributed by atoms with Gasteiger partial charge in [-0.25, -0.2) is 4.98 Å². The van der Waals surface area contributed by atoms with E-state index in [1.807, 2.05) is 31.9 Å². The molecule has 0 aliphatic carbocycles. The topological polar surface area (TPSA) is 77.7 Å². The van der Waals surface area contributed by atoms with Gasteiger partial charge in [-0.05, 0) is 45.6 Å². The molecule has 0 saturated carbocycles. The Morgan fingerprint density at radius 3 is 2.87 bits per heavy atom. The van der Waals surface area contributed by atoms with Crippen LogP contribution < -0.4 is 0 Å². The summed E-state index contributed by atoms with van der Waals surface area (Å²) in [5.41, 5.74) is 4.32. The van der Waals surface area contributed by atoms with E-state index in [0.717, 1.165) is 55.3 Å². The number of nitrogens with zero attached hydrogens (tertiary/aromatic N) is 3. The smallest absolute Gasteiger partial charge is 0.222 e. The van der Waals surface area contributed by atoms with E-state index in [1.165, 1.54) is 5.56 Å². The lowest BCUT2D eigenvalue weighted by atomic mass is 9.96. The molecule has 1 amide bonds. The molecule has 0 radical (unpaired) electrons. The van der Waals surface area contributed by atoms with E-state index in [2.05, 4.69) is 20.2 Å². The van der Waals surface area contributed by atoms with Gasteiger partial charge in [0.1, 0.15) is 5.82 Å². The van der Waals surface area contributed by atoms with E-state index in [1.54, 1.807) is 0 Å². The number of aromatic amines is 2. The van der Waals surface area contributed by atoms with Crippen molar-refractivity contribution in [2.45, 2.75) is 52.4 Å². The number of amides is 1. The summed E-state index contributed by atoms with van der Waals surface area (Å²) in [7, 11) is 0. The Morgan fingerprint density at radius 2 is 2.22 bits per heavy atom. The summed E-state index contributed by atoms with van der Waals surface area (Å²) in [6, 6.07) is 0. The van der Waals surface area contributed by atoms with Crippen LogP contribution in [-0.4, -0.2) is 44.1 Å². The van der Waals surface area contributed by atoms with Crippen LogP contribution in [0.2, 0.25) is 0 Å². The molecule has 1 fully saturated rings. The van der Waals surface area contributed by atoms with Crippen molar-refractivity contribution in [3.63, 3.8) is 0 Å². The Balaban J connectivity index is 1.59. The fourth-order valence-electron chi connectivity index (χ4n) is 3.40. The average molecular weight is 315 g/mol. The first-order chi connectivity index (χ1) is 11.0. The lowest BCUT2D eigenvalue weighted by Crippen LogP contribution is -2.39. The van der Waals surface area contributed by atoms with Crippen molar-refractivity contribution >= 4 is 5.91 Å². The van der Waals surface area contributed by atoms with Gasteiger partial charge >= 0.3 is 0 Å². The molecule has 6 nitrogen and oxygen atoms in total. The lowest BCUT2D eigenvalue weighted by Gasteiger charge is -2.32. The van der Waals surface area contributed by atoms with Crippen LogP contribution in [0.15, 0.2) is 6.20 Å². The molecule has 3 rings (SSSR count). The second-order valence-corrected chi connectivity index (χ2v) is 6.54. The number of likely N-dealkylation sites (tertiary alicyclic amines) is 1. The summed E-state index contributed by atoms with van der Waals surface area (Å²) in [4.78, 5) is 22.3. The van der Waals surface area contributed by atoms with Crippen LogP contribution in [0.1, 0.15) is 53.7 Å². The van der Waals surface area contributed by atoms with E-state index in [-0.39, 0.29) is 5.91 Å². The predicted molar refractivity (Wildman–Crippen MR) is 88.3 cm³/mol. The maximum Gasteiger partial charge on any atom is 0.222 e. The van der Waals surface area contributed by atoms with Gasteiger partial charge in [-0.1, -0.05) is 0 Å². The van der Waals surface area contributed by atoms with Crippen molar-refractivity contribution in [2.75, 3.05) is 13.1 Å². The molecule has 0 spiro atoms. The summed E-state index contributed by atoms with van der Waals surface area (Å²) >= 11 is 0. The Bertz CT molecular complexity index is 667. The number of imidazole rings is 1. The van der Waals surface area contributed by atoms with Gasteiger partial charge < -0.3 is 9.88 Å². The zero-order chi connectivity index (χ0) is 16.4. The molecule has 0 aromatic carbocycles. The third kappa shape index (κ3) is 3.46. The first kappa shape index (κ1) is 15.8. The maximum absolute atomic E-state index is 12.6. The fraction of sp³-hybridized carbons (Fsp3) is 0.588. The minimum atomic E-state index is 0.234. The van der Waals surface area contributed by atoms with Crippen LogP contribution in [0, 0.1) is 20.8 Å². The van der Waals surface area contributed by atoms with Crippen molar-refractivity contribution in [2.24, 2.45) is 0 Å². The zero-order valence-corrected chi connectivity index (χ0v) is 14.1. The first-order valence-electron chi connectivity index (χ1n) is 8.34. The number of carbonyl (C=O) groups excluding carboxylic acids is 1. The van der Waals surface area contributed by atoms with Crippen LogP contribution in [0.4, 0.5) is 0 Å². The predicted octanol–water partition coefficient (Wildman–Crippen LogP) is 2.40. The highest BCUT2D eigenvalue weighted by atomic mass is 16.2. The van der Waals surface area contributed by atoms with Gasteiger partial charge in [0, 0.05) is 43.0 Å². The summed E-state index contributed by atoms with van der Waals surface area (Å²) in [5, 5.41) is 7.18. The number of piperidine rings is 1. The average Bonchev–Trinajstić information content (AvgIpc) is 3.12. The van der Waals surface area contributed by atoms with Crippen molar-refractivity contribution < 1.29 is 4.79 Å². The van der Waals surface area contributed by atoms with Gasteiger partial charge in [-0.15, -0.1) is 0 Å². The number of hydrogen-bond acceptors (Lipinski definition) is 3. The van der Waals surface area contributed by atoms with Gasteiger partial charge in [0.2, 0.25) is 5.91 Å². The summed E-state index contributed by atoms with van der Waals surface area (Å²) in [6.07, 6.45) is 5.30. The zero-order valence-electron chi connectivity index (χ0n) is 14.1. The van der Waals surface area contributed by atoms with Crippen LogP contribution in [0.3, 0.4) is 0 Å². The molecule has 2 N–H and O–H groups in total. The summed E-state index contributed by atoms with van der Waals surface area (Å²) < 4.78 is 0. The number of hydrogen-bond donors (Lipinski definition) is 2. The van der Waals surface area contributed by atoms with Crippen LogP contribution in [-0.2, 0) is 11.2 Å². The molecule has 23 heavy (non-hydrogen) atoms. The standard InChI is InChI=1S/C17H25N5O/c1-11-9-18-17(19-11)14-5-4-8-22(10-14)16(23)7-6-15-12(2)20-21-13(15)3/h9,14H,4-8,10H2,1-3H3,(H,18,19)(H,20,21)/t14-/m1/s1. The van der Waals surface area contributed by atoms with E-state index < -0.39 is 0 Å². The molecule has 0 unspecified atom stereocenters. The molecule has 6 heteroatoms. The van der Waals surface area contributed by atoms with E-state index in [4.69, 9.17) is 0 Å². The third-order valence-corrected chi connectivity index (χ3v) is 4.75. The Morgan fingerprint density at radius 1 is 1.39 bits per heavy atom. The highest BCUT2D eigenvalue weighted by Crippen LogP contribution is 2.25. The minimum absolute atomic E-state index is 0.234. The van der Waals surface area contributed by atoms with Crippen molar-refractivity contribution in [3.05, 3.63) is 34.7 Å². The Kier molecular flexibility index (Phi) is 4.50. The molecule has 2 aromatic rings. The van der Waals surface area contributed by atoms with E-state index >= 15 is 0 Å². The summed E-state index contributed by atoms with van der Waals surface area (Å²) in [5.74, 6) is 1.58. The minimum Gasteiger partial charge on any atom is -0.346 e. The number of rotatable bonds is 4. The molecular formula is C17H25N5O. The number of H-pyrrole nitrogens is 2. The highest BCUT2D eigenvalue weighted by Gasteiger charge is 2.26. The van der Waals surface area contributed by atoms with Crippen molar-refractivity contribution in [1.29, 1.82) is 0 Å². The van der Waals surface area contributed by atoms with Crippen molar-refractivity contribution in [3.8, 4) is 0 Å². The molecule has 124 valence electrons. The van der Waals surface area contributed by atoms with E-state index in [9.17, 15) is 4.79 Å². The number of aromatic nitrogens is 4. The lowest BCUT2D eigenvalue weighted by molar-refractivity contribution is -0.132. The molecule has 1 atom stereocenters. The molecule has 2 aromatic heterocycles. The third-order valence-electron chi connectivity index (χ3n) is 4.75. The van der Waals surface area contributed by atoms with Gasteiger partial charge in [0.05, 0.1) is 5.69 Å². The van der Waals surface area contributed by atoms with Crippen LogP contribution >= 0.6 is 0 Å². The van der Waals surface area contributed by atoms with Crippen LogP contribution in [0.5, 0.6) is 0 Å². The quantitative estimate of drug-likeness (QED) is 0.909. The number of aryl methyl sites for hydroxylation is 3. The normalized spacial score (nSPS) is 18.4. The molecule has 1 aliphatic heterocycles. The molecule has 0 bridgehead atoms. The highest BCUT2D eigenvalue weighted by molar-refractivity contribution is 5.76. The maximum atomic E-state index is 12.6. The summed E-state index contributed by atoms with van der Waals surface area (Å²) in [6.45, 7) is 7.64. The fourth-order valence-corrected chi connectivity index (χ4v) is 3.40. The van der Waals surface area contributed by atoms with Gasteiger partial charge in [-0.3, -0.25) is 9.89 Å². The Labute approximate surface area is 136 Å². The Hall–Kier alpha value is -2.11. The molecule has 1 aliphatic rings. The number of carbonyl (C=O) groups is 1. The van der Waals surface area contributed by atoms with Gasteiger partial charge in [0.25, 0.3) is 0 Å². The first-order valence-corrected chi connectivity index (χ1v) is 8.34. The second-order valence-electron chi connectivity index (χ2n) is 6.54. The van der Waals surface area contributed by atoms with Gasteiger partial charge in [0.15, 0.2) is 0 Å². The van der Waals surface area contributed by atoms with Gasteiger partial charge in [-0.2, -0.15) is 5.10 Å². The van der Waals surface area contributed by atoms with Crippen LogP contribution in [0.25, 0.3) is 0 Å². The van der Waals surface area contributed by atoms with Crippen molar-refractivity contribution in [1.82, 2.24) is 25.1 Å². The molecular weight excluding hydrogens is 290 g/mol. The largest absolute Gasteiger partial charge is 0.346 e. The second kappa shape index (κ2) is 6.56. The molecule has 1 saturated heterocycles. The van der Waals surface area contributed by atoms with E-state index in [0.29, 0.717) is 12.3 Å².